The van der Waals surface area contributed by atoms with Gasteiger partial charge in [0.15, 0.2) is 0 Å². The Morgan fingerprint density at radius 1 is 1.44 bits per heavy atom. The molecule has 1 aromatic rings. The second kappa shape index (κ2) is 7.05. The minimum atomic E-state index is 0.247. The summed E-state index contributed by atoms with van der Waals surface area (Å²) in [6.45, 7) is 4.54. The highest BCUT2D eigenvalue weighted by Crippen LogP contribution is 2.18. The molecule has 1 aromatic carbocycles. The van der Waals surface area contributed by atoms with Gasteiger partial charge in [-0.1, -0.05) is 35.0 Å². The van der Waals surface area contributed by atoms with Crippen LogP contribution < -0.4 is 5.32 Å². The van der Waals surface area contributed by atoms with Gasteiger partial charge in [0.05, 0.1) is 0 Å². The summed E-state index contributed by atoms with van der Waals surface area (Å²) >= 11 is 3.48. The van der Waals surface area contributed by atoms with Gasteiger partial charge < -0.3 is 10.4 Å². The van der Waals surface area contributed by atoms with Crippen molar-refractivity contribution in [2.75, 3.05) is 6.61 Å². The molecule has 0 saturated carbocycles. The lowest BCUT2D eigenvalue weighted by atomic mass is 10.1. The first-order chi connectivity index (χ1) is 7.67. The van der Waals surface area contributed by atoms with Crippen LogP contribution in [0.1, 0.15) is 38.3 Å². The molecule has 0 heterocycles. The summed E-state index contributed by atoms with van der Waals surface area (Å²) in [6.07, 6.45) is 1.85. The zero-order valence-corrected chi connectivity index (χ0v) is 11.5. The predicted molar refractivity (Wildman–Crippen MR) is 71.5 cm³/mol. The van der Waals surface area contributed by atoms with Gasteiger partial charge in [0.2, 0.25) is 0 Å². The van der Waals surface area contributed by atoms with Crippen LogP contribution in [0, 0.1) is 0 Å². The van der Waals surface area contributed by atoms with Crippen molar-refractivity contribution in [3.63, 3.8) is 0 Å². The zero-order chi connectivity index (χ0) is 12.0. The van der Waals surface area contributed by atoms with Gasteiger partial charge in [-0.15, -0.1) is 0 Å². The summed E-state index contributed by atoms with van der Waals surface area (Å²) in [5.41, 5.74) is 1.27. The van der Waals surface area contributed by atoms with Crippen LogP contribution in [0.3, 0.4) is 0 Å². The Hall–Kier alpha value is -0.380. The first-order valence-electron chi connectivity index (χ1n) is 5.79. The molecule has 16 heavy (non-hydrogen) atoms. The third-order valence-corrected chi connectivity index (χ3v) is 3.30. The van der Waals surface area contributed by atoms with Gasteiger partial charge in [0, 0.05) is 23.2 Å². The number of hydrogen-bond donors (Lipinski definition) is 2. The molecule has 0 aliphatic rings. The van der Waals surface area contributed by atoms with Crippen LogP contribution in [0.15, 0.2) is 28.7 Å². The Morgan fingerprint density at radius 3 is 2.75 bits per heavy atom. The summed E-state index contributed by atoms with van der Waals surface area (Å²) < 4.78 is 1.11. The third-order valence-electron chi connectivity index (χ3n) is 2.80. The highest BCUT2D eigenvalue weighted by molar-refractivity contribution is 9.10. The Kier molecular flexibility index (Phi) is 6.03. The lowest BCUT2D eigenvalue weighted by Crippen LogP contribution is -2.31. The van der Waals surface area contributed by atoms with Crippen molar-refractivity contribution in [2.24, 2.45) is 0 Å². The predicted octanol–water partition coefficient (Wildman–Crippen LogP) is 3.26. The van der Waals surface area contributed by atoms with E-state index >= 15 is 0 Å². The number of hydrogen-bond acceptors (Lipinski definition) is 2. The molecule has 2 nitrogen and oxygen atoms in total. The summed E-state index contributed by atoms with van der Waals surface area (Å²) in [5, 5.41) is 12.5. The molecule has 0 aromatic heterocycles. The summed E-state index contributed by atoms with van der Waals surface area (Å²) in [7, 11) is 0. The average Bonchev–Trinajstić information content (AvgIpc) is 2.28. The first kappa shape index (κ1) is 13.7. The number of benzene rings is 1. The standard InChI is InChI=1S/C13H20BrNO/c1-3-13(7-8-16)15-10(2)11-5-4-6-12(14)9-11/h4-6,9-10,13,15-16H,3,7-8H2,1-2H3. The molecule has 0 aliphatic carbocycles. The maximum absolute atomic E-state index is 8.95. The number of nitrogens with one attached hydrogen (secondary N) is 1. The second-order valence-corrected chi connectivity index (χ2v) is 4.98. The van der Waals surface area contributed by atoms with Crippen LogP contribution in [0.4, 0.5) is 0 Å². The average molecular weight is 286 g/mol. The highest BCUT2D eigenvalue weighted by atomic mass is 79.9. The largest absolute Gasteiger partial charge is 0.396 e. The van der Waals surface area contributed by atoms with E-state index in [0.717, 1.165) is 17.3 Å². The molecule has 90 valence electrons. The number of halogens is 1. The lowest BCUT2D eigenvalue weighted by molar-refractivity contribution is 0.257. The van der Waals surface area contributed by atoms with Crippen LogP contribution >= 0.6 is 15.9 Å². The van der Waals surface area contributed by atoms with Gasteiger partial charge in [-0.2, -0.15) is 0 Å². The van der Waals surface area contributed by atoms with Crippen LogP contribution in [-0.4, -0.2) is 17.8 Å². The van der Waals surface area contributed by atoms with Gasteiger partial charge >= 0.3 is 0 Å². The molecule has 3 heteroatoms. The fraction of sp³-hybridized carbons (Fsp3) is 0.538. The van der Waals surface area contributed by atoms with Gasteiger partial charge in [0.25, 0.3) is 0 Å². The fourth-order valence-electron chi connectivity index (χ4n) is 1.79. The van der Waals surface area contributed by atoms with E-state index in [1.54, 1.807) is 0 Å². The highest BCUT2D eigenvalue weighted by Gasteiger charge is 2.11. The third kappa shape index (κ3) is 4.24. The summed E-state index contributed by atoms with van der Waals surface area (Å²) in [6, 6.07) is 9.02. The molecule has 2 unspecified atom stereocenters. The first-order valence-corrected chi connectivity index (χ1v) is 6.59. The van der Waals surface area contributed by atoms with E-state index in [0.29, 0.717) is 12.1 Å². The van der Waals surface area contributed by atoms with E-state index in [-0.39, 0.29) is 6.61 Å². The molecule has 0 aliphatic heterocycles. The Labute approximate surface area is 106 Å². The van der Waals surface area contributed by atoms with Crippen molar-refractivity contribution in [1.29, 1.82) is 0 Å². The van der Waals surface area contributed by atoms with Gasteiger partial charge in [-0.25, -0.2) is 0 Å². The minimum Gasteiger partial charge on any atom is -0.396 e. The van der Waals surface area contributed by atoms with Crippen LogP contribution in [0.25, 0.3) is 0 Å². The van der Waals surface area contributed by atoms with Crippen LogP contribution in [0.5, 0.6) is 0 Å². The van der Waals surface area contributed by atoms with E-state index in [1.807, 2.05) is 12.1 Å². The summed E-state index contributed by atoms with van der Waals surface area (Å²) in [4.78, 5) is 0. The number of aliphatic hydroxyl groups is 1. The zero-order valence-electron chi connectivity index (χ0n) is 9.91. The number of aliphatic hydroxyl groups excluding tert-OH is 1. The molecule has 0 bridgehead atoms. The molecule has 0 fully saturated rings. The van der Waals surface area contributed by atoms with E-state index in [2.05, 4.69) is 47.2 Å². The summed E-state index contributed by atoms with van der Waals surface area (Å²) in [5.74, 6) is 0. The fourth-order valence-corrected chi connectivity index (χ4v) is 2.20. The molecule has 0 radical (unpaired) electrons. The van der Waals surface area contributed by atoms with E-state index < -0.39 is 0 Å². The molecule has 2 N–H and O–H groups in total. The molecular formula is C13H20BrNO. The molecule has 0 amide bonds. The molecule has 0 saturated heterocycles. The maximum atomic E-state index is 8.95. The van der Waals surface area contributed by atoms with Gasteiger partial charge in [-0.05, 0) is 37.5 Å². The van der Waals surface area contributed by atoms with Crippen molar-refractivity contribution >= 4 is 15.9 Å². The number of rotatable bonds is 6. The molecule has 2 atom stereocenters. The lowest BCUT2D eigenvalue weighted by Gasteiger charge is -2.22. The van der Waals surface area contributed by atoms with Crippen molar-refractivity contribution in [3.8, 4) is 0 Å². The SMILES string of the molecule is CCC(CCO)NC(C)c1cccc(Br)c1. The molecular weight excluding hydrogens is 266 g/mol. The van der Waals surface area contributed by atoms with Gasteiger partial charge in [0.1, 0.15) is 0 Å². The minimum absolute atomic E-state index is 0.247. The Balaban J connectivity index is 2.60. The Morgan fingerprint density at radius 2 is 2.19 bits per heavy atom. The van der Waals surface area contributed by atoms with E-state index in [4.69, 9.17) is 5.11 Å². The smallest absolute Gasteiger partial charge is 0.0445 e. The van der Waals surface area contributed by atoms with Crippen molar-refractivity contribution < 1.29 is 5.11 Å². The van der Waals surface area contributed by atoms with E-state index in [9.17, 15) is 0 Å². The van der Waals surface area contributed by atoms with E-state index in [1.165, 1.54) is 5.56 Å². The molecule has 1 rings (SSSR count). The van der Waals surface area contributed by atoms with Crippen molar-refractivity contribution in [2.45, 2.75) is 38.8 Å². The topological polar surface area (TPSA) is 32.3 Å². The quantitative estimate of drug-likeness (QED) is 0.841. The second-order valence-electron chi connectivity index (χ2n) is 4.06. The monoisotopic (exact) mass is 285 g/mol. The Bertz CT molecular complexity index is 317. The van der Waals surface area contributed by atoms with Crippen LogP contribution in [-0.2, 0) is 0 Å². The molecule has 0 spiro atoms. The van der Waals surface area contributed by atoms with Crippen molar-refractivity contribution in [1.82, 2.24) is 5.32 Å². The maximum Gasteiger partial charge on any atom is 0.0445 e. The van der Waals surface area contributed by atoms with Gasteiger partial charge in [-0.3, -0.25) is 0 Å². The van der Waals surface area contributed by atoms with Crippen molar-refractivity contribution in [3.05, 3.63) is 34.3 Å². The van der Waals surface area contributed by atoms with Crippen LogP contribution in [0.2, 0.25) is 0 Å². The normalized spacial score (nSPS) is 14.8.